The number of hydrogen-bond acceptors (Lipinski definition) is 4. The summed E-state index contributed by atoms with van der Waals surface area (Å²) in [6.07, 6.45) is 0. The second-order valence-electron chi connectivity index (χ2n) is 5.68. The number of likely N-dealkylation sites (N-methyl/N-ethyl adjacent to an activating group) is 1. The number of hydrogen-bond donors (Lipinski definition) is 0. The van der Waals surface area contributed by atoms with Gasteiger partial charge in [-0.05, 0) is 45.5 Å². The summed E-state index contributed by atoms with van der Waals surface area (Å²) in [7, 11) is 1.86. The topological polar surface area (TPSA) is 53.3 Å². The molecule has 0 fully saturated rings. The Bertz CT molecular complexity index is 530. The van der Waals surface area contributed by atoms with E-state index in [1.165, 1.54) is 0 Å². The van der Waals surface area contributed by atoms with Gasteiger partial charge in [-0.1, -0.05) is 22.0 Å². The molecule has 0 radical (unpaired) electrons. The third-order valence-corrected chi connectivity index (χ3v) is 3.18. The lowest BCUT2D eigenvalue weighted by Gasteiger charge is -2.22. The zero-order valence-corrected chi connectivity index (χ0v) is 13.8. The summed E-state index contributed by atoms with van der Waals surface area (Å²) in [5, 5.41) is 8.82. The smallest absolute Gasteiger partial charge is 0.320 e. The van der Waals surface area contributed by atoms with Crippen LogP contribution < -0.4 is 0 Å². The lowest BCUT2D eigenvalue weighted by atomic mass is 10.1. The molecule has 0 saturated heterocycles. The van der Waals surface area contributed by atoms with Crippen molar-refractivity contribution < 1.29 is 9.53 Å². The lowest BCUT2D eigenvalue weighted by Crippen LogP contribution is -2.32. The summed E-state index contributed by atoms with van der Waals surface area (Å²) in [6.45, 7) is 6.38. The first-order valence-electron chi connectivity index (χ1n) is 6.30. The van der Waals surface area contributed by atoms with Crippen molar-refractivity contribution in [1.82, 2.24) is 4.90 Å². The molecule has 1 rings (SSSR count). The molecule has 0 spiro atoms. The molecule has 0 bridgehead atoms. The van der Waals surface area contributed by atoms with Crippen LogP contribution in [0.1, 0.15) is 31.9 Å². The Morgan fingerprint density at radius 2 is 2.10 bits per heavy atom. The minimum Gasteiger partial charge on any atom is -0.459 e. The molecule has 0 amide bonds. The van der Waals surface area contributed by atoms with Gasteiger partial charge < -0.3 is 4.74 Å². The molecule has 0 N–H and O–H groups in total. The van der Waals surface area contributed by atoms with Gasteiger partial charge >= 0.3 is 5.97 Å². The van der Waals surface area contributed by atoms with E-state index >= 15 is 0 Å². The van der Waals surface area contributed by atoms with E-state index in [1.54, 1.807) is 12.1 Å². The first-order chi connectivity index (χ1) is 9.21. The fourth-order valence-electron chi connectivity index (χ4n) is 1.69. The van der Waals surface area contributed by atoms with Crippen LogP contribution >= 0.6 is 15.9 Å². The number of ether oxygens (including phenoxy) is 1. The van der Waals surface area contributed by atoms with Crippen LogP contribution in [-0.2, 0) is 16.1 Å². The number of carbonyl (C=O) groups is 1. The van der Waals surface area contributed by atoms with Gasteiger partial charge in [-0.25, -0.2) is 0 Å². The van der Waals surface area contributed by atoms with E-state index in [4.69, 9.17) is 10.00 Å². The van der Waals surface area contributed by atoms with E-state index < -0.39 is 5.60 Å². The third-order valence-electron chi connectivity index (χ3n) is 2.44. The van der Waals surface area contributed by atoms with Crippen LogP contribution in [-0.4, -0.2) is 30.1 Å². The van der Waals surface area contributed by atoms with Crippen LogP contribution in [0.15, 0.2) is 22.7 Å². The average Bonchev–Trinajstić information content (AvgIpc) is 2.28. The molecule has 0 saturated carbocycles. The highest BCUT2D eigenvalue weighted by atomic mass is 79.9. The van der Waals surface area contributed by atoms with Crippen molar-refractivity contribution in [2.24, 2.45) is 0 Å². The molecule has 0 unspecified atom stereocenters. The Hall–Kier alpha value is -1.38. The van der Waals surface area contributed by atoms with E-state index in [1.807, 2.05) is 38.8 Å². The monoisotopic (exact) mass is 338 g/mol. The lowest BCUT2D eigenvalue weighted by molar-refractivity contribution is -0.155. The highest BCUT2D eigenvalue weighted by molar-refractivity contribution is 9.10. The molecular formula is C15H19BrN2O2. The number of carbonyl (C=O) groups excluding carboxylic acids is 1. The van der Waals surface area contributed by atoms with Crippen LogP contribution in [0, 0.1) is 11.3 Å². The van der Waals surface area contributed by atoms with Crippen molar-refractivity contribution in [3.63, 3.8) is 0 Å². The van der Waals surface area contributed by atoms with E-state index in [2.05, 4.69) is 22.0 Å². The molecule has 0 aromatic heterocycles. The fraction of sp³-hybridized carbons (Fsp3) is 0.467. The standard InChI is InChI=1S/C15H19BrN2O2/c1-15(2,3)20-14(19)10-18(4)9-12-6-5-11(8-17)7-13(12)16/h5-7H,9-10H2,1-4H3. The molecule has 0 atom stereocenters. The number of nitrogens with zero attached hydrogens (tertiary/aromatic N) is 2. The number of halogens is 1. The molecular weight excluding hydrogens is 320 g/mol. The first kappa shape index (κ1) is 16.7. The quantitative estimate of drug-likeness (QED) is 0.791. The fourth-order valence-corrected chi connectivity index (χ4v) is 2.19. The summed E-state index contributed by atoms with van der Waals surface area (Å²) in [6, 6.07) is 7.51. The van der Waals surface area contributed by atoms with Crippen molar-refractivity contribution in [1.29, 1.82) is 5.26 Å². The van der Waals surface area contributed by atoms with Gasteiger partial charge in [0.05, 0.1) is 18.2 Å². The first-order valence-corrected chi connectivity index (χ1v) is 7.09. The average molecular weight is 339 g/mol. The van der Waals surface area contributed by atoms with Crippen LogP contribution in [0.2, 0.25) is 0 Å². The number of nitriles is 1. The van der Waals surface area contributed by atoms with Gasteiger partial charge in [-0.15, -0.1) is 0 Å². The van der Waals surface area contributed by atoms with Gasteiger partial charge in [0.1, 0.15) is 5.60 Å². The van der Waals surface area contributed by atoms with Crippen molar-refractivity contribution in [2.45, 2.75) is 32.9 Å². The second kappa shape index (κ2) is 6.87. The van der Waals surface area contributed by atoms with E-state index in [0.29, 0.717) is 12.1 Å². The van der Waals surface area contributed by atoms with Crippen molar-refractivity contribution >= 4 is 21.9 Å². The Labute approximate surface area is 128 Å². The molecule has 4 nitrogen and oxygen atoms in total. The van der Waals surface area contributed by atoms with Crippen molar-refractivity contribution in [3.8, 4) is 6.07 Å². The molecule has 5 heteroatoms. The van der Waals surface area contributed by atoms with Crippen molar-refractivity contribution in [3.05, 3.63) is 33.8 Å². The summed E-state index contributed by atoms with van der Waals surface area (Å²) >= 11 is 3.44. The molecule has 20 heavy (non-hydrogen) atoms. The Kier molecular flexibility index (Phi) is 5.73. The number of esters is 1. The summed E-state index contributed by atoms with van der Waals surface area (Å²) in [5.74, 6) is -0.246. The molecule has 0 aliphatic carbocycles. The Balaban J connectivity index is 2.61. The Morgan fingerprint density at radius 1 is 1.45 bits per heavy atom. The zero-order valence-electron chi connectivity index (χ0n) is 12.2. The summed E-state index contributed by atoms with van der Waals surface area (Å²) in [4.78, 5) is 13.6. The van der Waals surface area contributed by atoms with Crippen LogP contribution in [0.4, 0.5) is 0 Å². The van der Waals surface area contributed by atoms with E-state index in [-0.39, 0.29) is 12.5 Å². The maximum absolute atomic E-state index is 11.7. The van der Waals surface area contributed by atoms with Crippen LogP contribution in [0.5, 0.6) is 0 Å². The SMILES string of the molecule is CN(CC(=O)OC(C)(C)C)Cc1ccc(C#N)cc1Br. The van der Waals surface area contributed by atoms with Gasteiger partial charge in [-0.2, -0.15) is 5.26 Å². The minimum atomic E-state index is -0.465. The summed E-state index contributed by atoms with van der Waals surface area (Å²) < 4.78 is 6.15. The normalized spacial score (nSPS) is 11.2. The highest BCUT2D eigenvalue weighted by Crippen LogP contribution is 2.19. The largest absolute Gasteiger partial charge is 0.459 e. The molecule has 1 aromatic carbocycles. The van der Waals surface area contributed by atoms with Gasteiger partial charge in [-0.3, -0.25) is 9.69 Å². The van der Waals surface area contributed by atoms with Crippen LogP contribution in [0.25, 0.3) is 0 Å². The number of benzene rings is 1. The highest BCUT2D eigenvalue weighted by Gasteiger charge is 2.17. The minimum absolute atomic E-state index is 0.226. The van der Waals surface area contributed by atoms with Gasteiger partial charge in [0.2, 0.25) is 0 Å². The van der Waals surface area contributed by atoms with E-state index in [9.17, 15) is 4.79 Å². The van der Waals surface area contributed by atoms with Crippen molar-refractivity contribution in [2.75, 3.05) is 13.6 Å². The maximum atomic E-state index is 11.7. The molecule has 0 aliphatic rings. The third kappa shape index (κ3) is 5.72. The second-order valence-corrected chi connectivity index (χ2v) is 6.53. The maximum Gasteiger partial charge on any atom is 0.320 e. The van der Waals surface area contributed by atoms with Gasteiger partial charge in [0.15, 0.2) is 0 Å². The number of rotatable bonds is 4. The van der Waals surface area contributed by atoms with Gasteiger partial charge in [0.25, 0.3) is 0 Å². The summed E-state index contributed by atoms with van der Waals surface area (Å²) in [5.41, 5.74) is 1.16. The zero-order chi connectivity index (χ0) is 15.3. The van der Waals surface area contributed by atoms with Crippen LogP contribution in [0.3, 0.4) is 0 Å². The van der Waals surface area contributed by atoms with Gasteiger partial charge in [0, 0.05) is 11.0 Å². The van der Waals surface area contributed by atoms with E-state index in [0.717, 1.165) is 10.0 Å². The predicted molar refractivity (Wildman–Crippen MR) is 81.0 cm³/mol. The Morgan fingerprint density at radius 3 is 2.60 bits per heavy atom. The molecule has 1 aromatic rings. The molecule has 0 aliphatic heterocycles. The molecule has 108 valence electrons. The predicted octanol–water partition coefficient (Wildman–Crippen LogP) is 3.09. The molecule has 0 heterocycles.